The molecule has 1 aromatic heterocycles. The van der Waals surface area contributed by atoms with Gasteiger partial charge in [0.15, 0.2) is 0 Å². The zero-order chi connectivity index (χ0) is 22.3. The first-order chi connectivity index (χ1) is 15.6. The molecule has 1 aliphatic carbocycles. The number of likely N-dealkylation sites (tertiary alicyclic amines) is 1. The van der Waals surface area contributed by atoms with Crippen LogP contribution in [0.1, 0.15) is 51.4 Å². The van der Waals surface area contributed by atoms with Crippen molar-refractivity contribution in [3.05, 3.63) is 24.3 Å². The Bertz CT molecular complexity index is 844. The Labute approximate surface area is 191 Å². The number of methoxy groups -OCH3 is 1. The van der Waals surface area contributed by atoms with Crippen molar-refractivity contribution < 1.29 is 9.64 Å². The van der Waals surface area contributed by atoms with Gasteiger partial charge in [0.2, 0.25) is 17.8 Å². The summed E-state index contributed by atoms with van der Waals surface area (Å²) in [5.74, 6) is 2.80. The van der Waals surface area contributed by atoms with Crippen molar-refractivity contribution in [3.63, 3.8) is 0 Å². The molecular weight excluding hydrogens is 402 g/mol. The minimum absolute atomic E-state index is 0.429. The fourth-order valence-corrected chi connectivity index (χ4v) is 4.70. The number of nitrogens with one attached hydrogen (secondary N) is 3. The van der Waals surface area contributed by atoms with Crippen LogP contribution in [0.5, 0.6) is 5.75 Å². The number of ether oxygens (including phenoxy) is 1. The van der Waals surface area contributed by atoms with E-state index in [0.29, 0.717) is 24.0 Å². The van der Waals surface area contributed by atoms with Crippen molar-refractivity contribution in [3.8, 4) is 5.75 Å². The number of piperidine rings is 1. The van der Waals surface area contributed by atoms with Gasteiger partial charge in [0.1, 0.15) is 5.75 Å². The number of hydrogen-bond acceptors (Lipinski definition) is 7. The highest BCUT2D eigenvalue weighted by molar-refractivity contribution is 5.57. The summed E-state index contributed by atoms with van der Waals surface area (Å²) in [5, 5.41) is 6.98. The first-order valence-corrected chi connectivity index (χ1v) is 12.1. The predicted molar refractivity (Wildman–Crippen MR) is 129 cm³/mol. The van der Waals surface area contributed by atoms with Crippen LogP contribution in [0.3, 0.4) is 0 Å². The van der Waals surface area contributed by atoms with Gasteiger partial charge in [-0.15, -0.1) is 0 Å². The molecule has 2 fully saturated rings. The second-order valence-electron chi connectivity index (χ2n) is 9.27. The summed E-state index contributed by atoms with van der Waals surface area (Å²) in [6.07, 6.45) is 9.85. The summed E-state index contributed by atoms with van der Waals surface area (Å²) in [5.41, 5.74) is 0.925. The van der Waals surface area contributed by atoms with E-state index in [2.05, 4.69) is 29.6 Å². The van der Waals surface area contributed by atoms with Gasteiger partial charge in [-0.3, -0.25) is 0 Å². The highest BCUT2D eigenvalue weighted by Crippen LogP contribution is 2.24. The van der Waals surface area contributed by atoms with E-state index >= 15 is 0 Å². The summed E-state index contributed by atoms with van der Waals surface area (Å²) in [4.78, 5) is 18.2. The highest BCUT2D eigenvalue weighted by atomic mass is 16.5. The minimum Gasteiger partial charge on any atom is -0.497 e. The average Bonchev–Trinajstić information content (AvgIpc) is 3.08. The van der Waals surface area contributed by atoms with Crippen LogP contribution in [-0.4, -0.2) is 61.3 Å². The molecule has 0 spiro atoms. The van der Waals surface area contributed by atoms with E-state index in [1.165, 1.54) is 51.6 Å². The van der Waals surface area contributed by atoms with E-state index in [9.17, 15) is 0 Å². The maximum atomic E-state index is 5.27. The van der Waals surface area contributed by atoms with Gasteiger partial charge < -0.3 is 25.2 Å². The van der Waals surface area contributed by atoms with Crippen molar-refractivity contribution in [2.45, 2.75) is 63.5 Å². The molecule has 3 N–H and O–H groups in total. The van der Waals surface area contributed by atoms with Gasteiger partial charge in [0, 0.05) is 37.7 Å². The lowest BCUT2D eigenvalue weighted by atomic mass is 10.0. The van der Waals surface area contributed by atoms with Crippen LogP contribution in [0, 0.1) is 0 Å². The molecular formula is C24H38N7O+. The Morgan fingerprint density at radius 2 is 1.56 bits per heavy atom. The molecule has 1 aromatic carbocycles. The SMILES string of the molecule is COc1ccc(Nc2nc(NC3CCCCCC3)nc(N(C)C3CC[NH+](C)CC3)n2)cc1. The monoisotopic (exact) mass is 440 g/mol. The summed E-state index contributed by atoms with van der Waals surface area (Å²) in [7, 11) is 6.06. The number of aromatic nitrogens is 3. The van der Waals surface area contributed by atoms with Crippen LogP contribution in [0.2, 0.25) is 0 Å². The van der Waals surface area contributed by atoms with E-state index < -0.39 is 0 Å². The van der Waals surface area contributed by atoms with Gasteiger partial charge in [0.05, 0.1) is 27.2 Å². The molecule has 32 heavy (non-hydrogen) atoms. The standard InChI is InChI=1S/C24H37N7O/c1-30-16-14-20(15-17-30)31(2)24-28-22(25-18-8-6-4-5-7-9-18)27-23(29-24)26-19-10-12-21(32-3)13-11-19/h10-13,18,20H,4-9,14-17H2,1-3H3,(H2,25,26,27,28,29)/p+1. The van der Waals surface area contributed by atoms with E-state index in [1.807, 2.05) is 24.3 Å². The normalized spacial score (nSPS) is 22.1. The van der Waals surface area contributed by atoms with E-state index in [0.717, 1.165) is 30.2 Å². The lowest BCUT2D eigenvalue weighted by Crippen LogP contribution is -3.10. The van der Waals surface area contributed by atoms with Gasteiger partial charge in [-0.2, -0.15) is 15.0 Å². The quantitative estimate of drug-likeness (QED) is 0.571. The second kappa shape index (κ2) is 10.8. The molecule has 0 radical (unpaired) electrons. The van der Waals surface area contributed by atoms with Crippen LogP contribution in [0.15, 0.2) is 24.3 Å². The number of anilines is 4. The first-order valence-electron chi connectivity index (χ1n) is 12.1. The maximum Gasteiger partial charge on any atom is 0.233 e. The predicted octanol–water partition coefficient (Wildman–Crippen LogP) is 2.87. The largest absolute Gasteiger partial charge is 0.497 e. The molecule has 0 atom stereocenters. The molecule has 8 heteroatoms. The fourth-order valence-electron chi connectivity index (χ4n) is 4.70. The summed E-state index contributed by atoms with van der Waals surface area (Å²) < 4.78 is 5.27. The molecule has 4 rings (SSSR count). The number of rotatable bonds is 7. The Balaban J connectivity index is 1.56. The van der Waals surface area contributed by atoms with E-state index in [-0.39, 0.29) is 0 Å². The zero-order valence-electron chi connectivity index (χ0n) is 19.7. The maximum absolute atomic E-state index is 5.27. The average molecular weight is 441 g/mol. The first kappa shape index (κ1) is 22.6. The number of quaternary nitrogens is 1. The Morgan fingerprint density at radius 3 is 2.22 bits per heavy atom. The van der Waals surface area contributed by atoms with Crippen LogP contribution in [0.4, 0.5) is 23.5 Å². The third-order valence-electron chi connectivity index (χ3n) is 6.83. The van der Waals surface area contributed by atoms with Gasteiger partial charge in [-0.1, -0.05) is 25.7 Å². The zero-order valence-corrected chi connectivity index (χ0v) is 19.7. The highest BCUT2D eigenvalue weighted by Gasteiger charge is 2.25. The van der Waals surface area contributed by atoms with E-state index in [1.54, 1.807) is 12.0 Å². The Kier molecular flexibility index (Phi) is 7.63. The lowest BCUT2D eigenvalue weighted by molar-refractivity contribution is -0.884. The van der Waals surface area contributed by atoms with Crippen molar-refractivity contribution in [2.75, 3.05) is 49.8 Å². The molecule has 0 amide bonds. The van der Waals surface area contributed by atoms with Gasteiger partial charge >= 0.3 is 0 Å². The van der Waals surface area contributed by atoms with Crippen molar-refractivity contribution in [1.82, 2.24) is 15.0 Å². The summed E-state index contributed by atoms with van der Waals surface area (Å²) >= 11 is 0. The van der Waals surface area contributed by atoms with Gasteiger partial charge in [-0.05, 0) is 37.1 Å². The van der Waals surface area contributed by atoms with Crippen LogP contribution >= 0.6 is 0 Å². The number of hydrogen-bond donors (Lipinski definition) is 3. The third-order valence-corrected chi connectivity index (χ3v) is 6.83. The third kappa shape index (κ3) is 6.00. The number of nitrogens with zero attached hydrogens (tertiary/aromatic N) is 4. The van der Waals surface area contributed by atoms with Crippen molar-refractivity contribution >= 4 is 23.5 Å². The molecule has 2 aromatic rings. The van der Waals surface area contributed by atoms with Crippen LogP contribution in [-0.2, 0) is 0 Å². The molecule has 2 aliphatic rings. The number of benzene rings is 1. The smallest absolute Gasteiger partial charge is 0.233 e. The van der Waals surface area contributed by atoms with Crippen molar-refractivity contribution in [2.24, 2.45) is 0 Å². The lowest BCUT2D eigenvalue weighted by Gasteiger charge is -2.33. The molecule has 0 unspecified atom stereocenters. The van der Waals surface area contributed by atoms with Crippen LogP contribution in [0.25, 0.3) is 0 Å². The van der Waals surface area contributed by atoms with Crippen molar-refractivity contribution in [1.29, 1.82) is 0 Å². The summed E-state index contributed by atoms with van der Waals surface area (Å²) in [6, 6.07) is 8.71. The Morgan fingerprint density at radius 1 is 0.906 bits per heavy atom. The molecule has 1 saturated carbocycles. The van der Waals surface area contributed by atoms with Gasteiger partial charge in [0.25, 0.3) is 0 Å². The second-order valence-corrected chi connectivity index (χ2v) is 9.27. The molecule has 2 heterocycles. The molecule has 8 nitrogen and oxygen atoms in total. The minimum atomic E-state index is 0.429. The summed E-state index contributed by atoms with van der Waals surface area (Å²) in [6.45, 7) is 2.37. The molecule has 1 aliphatic heterocycles. The topological polar surface area (TPSA) is 79.6 Å². The van der Waals surface area contributed by atoms with Crippen LogP contribution < -0.4 is 25.2 Å². The fraction of sp³-hybridized carbons (Fsp3) is 0.625. The van der Waals surface area contributed by atoms with Gasteiger partial charge in [-0.25, -0.2) is 0 Å². The Hall–Kier alpha value is -2.61. The molecule has 0 bridgehead atoms. The molecule has 174 valence electrons. The van der Waals surface area contributed by atoms with E-state index in [4.69, 9.17) is 19.7 Å². The molecule has 1 saturated heterocycles.